The van der Waals surface area contributed by atoms with E-state index in [1.165, 1.54) is 16.3 Å². The standard InChI is InChI=1S/C20H26N2O/c1-20(2,12-21)13-22(3)19(23)18-11-17(18)16-9-8-14-6-4-5-7-15(14)10-16/h4-10,17-18H,11-13,21H2,1-3H3. The van der Waals surface area contributed by atoms with Crippen LogP contribution in [0.15, 0.2) is 42.5 Å². The van der Waals surface area contributed by atoms with Crippen LogP contribution in [0.1, 0.15) is 31.7 Å². The zero-order valence-electron chi connectivity index (χ0n) is 14.3. The lowest BCUT2D eigenvalue weighted by molar-refractivity contribution is -0.132. The summed E-state index contributed by atoms with van der Waals surface area (Å²) in [7, 11) is 1.90. The Kier molecular flexibility index (Phi) is 4.15. The highest BCUT2D eigenvalue weighted by atomic mass is 16.2. The number of nitrogens with two attached hydrogens (primary N) is 1. The monoisotopic (exact) mass is 310 g/mol. The molecule has 122 valence electrons. The Hall–Kier alpha value is -1.87. The molecule has 0 radical (unpaired) electrons. The maximum Gasteiger partial charge on any atom is 0.226 e. The van der Waals surface area contributed by atoms with Crippen molar-refractivity contribution in [3.63, 3.8) is 0 Å². The quantitative estimate of drug-likeness (QED) is 0.920. The smallest absolute Gasteiger partial charge is 0.226 e. The molecule has 23 heavy (non-hydrogen) atoms. The first-order valence-electron chi connectivity index (χ1n) is 8.35. The van der Waals surface area contributed by atoms with Gasteiger partial charge in [-0.15, -0.1) is 0 Å². The molecule has 2 aromatic rings. The van der Waals surface area contributed by atoms with E-state index in [0.717, 1.165) is 6.42 Å². The highest BCUT2D eigenvalue weighted by molar-refractivity contribution is 5.85. The van der Waals surface area contributed by atoms with Crippen LogP contribution in [0.5, 0.6) is 0 Å². The van der Waals surface area contributed by atoms with Crippen molar-refractivity contribution in [1.29, 1.82) is 0 Å². The summed E-state index contributed by atoms with van der Waals surface area (Å²) < 4.78 is 0. The maximum absolute atomic E-state index is 12.6. The Morgan fingerprint density at radius 3 is 2.61 bits per heavy atom. The zero-order chi connectivity index (χ0) is 16.6. The number of benzene rings is 2. The van der Waals surface area contributed by atoms with Gasteiger partial charge >= 0.3 is 0 Å². The molecule has 0 spiro atoms. The number of fused-ring (bicyclic) bond motifs is 1. The molecule has 2 N–H and O–H groups in total. The molecule has 2 unspecified atom stereocenters. The molecule has 0 aromatic heterocycles. The van der Waals surface area contributed by atoms with Gasteiger partial charge in [0, 0.05) is 19.5 Å². The summed E-state index contributed by atoms with van der Waals surface area (Å²) >= 11 is 0. The molecule has 1 aliphatic carbocycles. The largest absolute Gasteiger partial charge is 0.345 e. The van der Waals surface area contributed by atoms with E-state index in [2.05, 4.69) is 56.3 Å². The summed E-state index contributed by atoms with van der Waals surface area (Å²) in [5.41, 5.74) is 7.04. The van der Waals surface area contributed by atoms with Crippen LogP contribution in [-0.2, 0) is 4.79 Å². The van der Waals surface area contributed by atoms with Gasteiger partial charge in [-0.05, 0) is 40.6 Å². The van der Waals surface area contributed by atoms with Gasteiger partial charge in [0.25, 0.3) is 0 Å². The summed E-state index contributed by atoms with van der Waals surface area (Å²) in [6.45, 7) is 5.50. The van der Waals surface area contributed by atoms with E-state index in [0.29, 0.717) is 19.0 Å². The molecule has 3 nitrogen and oxygen atoms in total. The zero-order valence-corrected chi connectivity index (χ0v) is 14.3. The van der Waals surface area contributed by atoms with Crippen molar-refractivity contribution >= 4 is 16.7 Å². The summed E-state index contributed by atoms with van der Waals surface area (Å²) in [4.78, 5) is 14.5. The molecule has 2 aromatic carbocycles. The molecule has 0 heterocycles. The van der Waals surface area contributed by atoms with Gasteiger partial charge in [0.05, 0.1) is 0 Å². The highest BCUT2D eigenvalue weighted by Gasteiger charge is 2.45. The minimum atomic E-state index is -0.0300. The normalized spacial score (nSPS) is 20.5. The second-order valence-corrected chi connectivity index (χ2v) is 7.62. The van der Waals surface area contributed by atoms with Crippen LogP contribution in [0, 0.1) is 11.3 Å². The molecule has 1 aliphatic rings. The van der Waals surface area contributed by atoms with Crippen molar-refractivity contribution in [2.45, 2.75) is 26.2 Å². The number of hydrogen-bond donors (Lipinski definition) is 1. The van der Waals surface area contributed by atoms with Gasteiger partial charge in [0.15, 0.2) is 0 Å². The van der Waals surface area contributed by atoms with Gasteiger partial charge in [-0.25, -0.2) is 0 Å². The Balaban J connectivity index is 1.69. The fourth-order valence-electron chi connectivity index (χ4n) is 3.34. The van der Waals surface area contributed by atoms with E-state index >= 15 is 0 Å². The molecule has 0 saturated heterocycles. The lowest BCUT2D eigenvalue weighted by atomic mass is 9.93. The van der Waals surface area contributed by atoms with Gasteiger partial charge in [-0.1, -0.05) is 56.3 Å². The van der Waals surface area contributed by atoms with Crippen LogP contribution < -0.4 is 5.73 Å². The van der Waals surface area contributed by atoms with E-state index in [-0.39, 0.29) is 17.2 Å². The predicted octanol–water partition coefficient (Wildman–Crippen LogP) is 3.39. The topological polar surface area (TPSA) is 46.3 Å². The summed E-state index contributed by atoms with van der Waals surface area (Å²) in [6.07, 6.45) is 0.963. The molecule has 2 atom stereocenters. The Morgan fingerprint density at radius 2 is 1.91 bits per heavy atom. The summed E-state index contributed by atoms with van der Waals surface area (Å²) in [5, 5.41) is 2.50. The average molecular weight is 310 g/mol. The highest BCUT2D eigenvalue weighted by Crippen LogP contribution is 2.49. The SMILES string of the molecule is CN(CC(C)(C)CN)C(=O)C1CC1c1ccc2ccccc2c1. The minimum absolute atomic E-state index is 0.0300. The number of rotatable bonds is 5. The van der Waals surface area contributed by atoms with Crippen LogP contribution in [0.4, 0.5) is 0 Å². The molecular weight excluding hydrogens is 284 g/mol. The van der Waals surface area contributed by atoms with Crippen molar-refractivity contribution in [3.8, 4) is 0 Å². The molecule has 1 saturated carbocycles. The van der Waals surface area contributed by atoms with Crippen molar-refractivity contribution in [2.75, 3.05) is 20.1 Å². The Bertz CT molecular complexity index is 722. The molecular formula is C20H26N2O. The first kappa shape index (κ1) is 16.0. The molecule has 0 bridgehead atoms. The lowest BCUT2D eigenvalue weighted by Crippen LogP contribution is -2.40. The fraction of sp³-hybridized carbons (Fsp3) is 0.450. The van der Waals surface area contributed by atoms with E-state index < -0.39 is 0 Å². The van der Waals surface area contributed by atoms with Crippen molar-refractivity contribution < 1.29 is 4.79 Å². The lowest BCUT2D eigenvalue weighted by Gasteiger charge is -2.29. The Morgan fingerprint density at radius 1 is 1.22 bits per heavy atom. The van der Waals surface area contributed by atoms with Gasteiger partial charge in [-0.3, -0.25) is 4.79 Å². The Labute approximate surface area is 138 Å². The second kappa shape index (κ2) is 5.97. The van der Waals surface area contributed by atoms with E-state index in [1.807, 2.05) is 11.9 Å². The average Bonchev–Trinajstić information content (AvgIpc) is 3.34. The minimum Gasteiger partial charge on any atom is -0.345 e. The third kappa shape index (κ3) is 3.40. The van der Waals surface area contributed by atoms with Gasteiger partial charge < -0.3 is 10.6 Å². The predicted molar refractivity (Wildman–Crippen MR) is 95.3 cm³/mol. The molecule has 1 fully saturated rings. The van der Waals surface area contributed by atoms with Gasteiger partial charge in [-0.2, -0.15) is 0 Å². The maximum atomic E-state index is 12.6. The van der Waals surface area contributed by atoms with Crippen LogP contribution in [0.3, 0.4) is 0 Å². The third-order valence-electron chi connectivity index (χ3n) is 4.90. The first-order valence-corrected chi connectivity index (χ1v) is 8.35. The molecule has 1 amide bonds. The number of carbonyl (C=O) groups is 1. The van der Waals surface area contributed by atoms with Crippen LogP contribution in [-0.4, -0.2) is 30.9 Å². The fourth-order valence-corrected chi connectivity index (χ4v) is 3.34. The van der Waals surface area contributed by atoms with Crippen LogP contribution in [0.25, 0.3) is 10.8 Å². The number of carbonyl (C=O) groups excluding carboxylic acids is 1. The van der Waals surface area contributed by atoms with Gasteiger partial charge in [0.1, 0.15) is 0 Å². The van der Waals surface area contributed by atoms with Crippen LogP contribution in [0.2, 0.25) is 0 Å². The number of hydrogen-bond acceptors (Lipinski definition) is 2. The van der Waals surface area contributed by atoms with Crippen molar-refractivity contribution in [2.24, 2.45) is 17.1 Å². The number of nitrogens with zero attached hydrogens (tertiary/aromatic N) is 1. The first-order chi connectivity index (χ1) is 10.9. The second-order valence-electron chi connectivity index (χ2n) is 7.62. The molecule has 0 aliphatic heterocycles. The van der Waals surface area contributed by atoms with Crippen LogP contribution >= 0.6 is 0 Å². The third-order valence-corrected chi connectivity index (χ3v) is 4.90. The van der Waals surface area contributed by atoms with Crippen molar-refractivity contribution in [1.82, 2.24) is 4.90 Å². The van der Waals surface area contributed by atoms with E-state index in [4.69, 9.17) is 5.73 Å². The molecule has 3 heteroatoms. The van der Waals surface area contributed by atoms with Crippen molar-refractivity contribution in [3.05, 3.63) is 48.0 Å². The van der Waals surface area contributed by atoms with E-state index in [9.17, 15) is 4.79 Å². The number of amides is 1. The summed E-state index contributed by atoms with van der Waals surface area (Å²) in [5.74, 6) is 0.759. The summed E-state index contributed by atoms with van der Waals surface area (Å²) in [6, 6.07) is 14.9. The van der Waals surface area contributed by atoms with E-state index in [1.54, 1.807) is 0 Å². The molecule has 3 rings (SSSR count). The van der Waals surface area contributed by atoms with Gasteiger partial charge in [0.2, 0.25) is 5.91 Å².